The number of carbonyl (C=O) groups is 1. The van der Waals surface area contributed by atoms with Crippen LogP contribution < -0.4 is 4.74 Å². The summed E-state index contributed by atoms with van der Waals surface area (Å²) in [5.41, 5.74) is 1.47. The number of hydrogen-bond acceptors (Lipinski definition) is 3. The molecule has 0 bridgehead atoms. The predicted octanol–water partition coefficient (Wildman–Crippen LogP) is 6.61. The van der Waals surface area contributed by atoms with Crippen LogP contribution in [0.3, 0.4) is 0 Å². The van der Waals surface area contributed by atoms with Crippen LogP contribution in [0.5, 0.6) is 5.75 Å². The van der Waals surface area contributed by atoms with Crippen LogP contribution in [0.1, 0.15) is 97.0 Å². The van der Waals surface area contributed by atoms with Crippen molar-refractivity contribution in [3.8, 4) is 5.75 Å². The Morgan fingerprint density at radius 1 is 1.04 bits per heavy atom. The Bertz CT molecular complexity index is 615. The number of ether oxygens (including phenoxy) is 2. The maximum Gasteiger partial charge on any atom is 0.342 e. The molecule has 0 spiro atoms. The zero-order valence-electron chi connectivity index (χ0n) is 18.4. The zero-order chi connectivity index (χ0) is 20.3. The Hall–Kier alpha value is -1.51. The van der Waals surface area contributed by atoms with E-state index in [1.807, 2.05) is 32.9 Å². The molecule has 148 valence electrons. The maximum atomic E-state index is 12.7. The first-order valence-corrected chi connectivity index (χ1v) is 9.61. The maximum absolute atomic E-state index is 12.7. The van der Waals surface area contributed by atoms with Gasteiger partial charge in [-0.1, -0.05) is 54.0 Å². The Kier molecular flexibility index (Phi) is 6.95. The van der Waals surface area contributed by atoms with Crippen LogP contribution in [0.25, 0.3) is 0 Å². The van der Waals surface area contributed by atoms with E-state index in [2.05, 4.69) is 47.6 Å². The van der Waals surface area contributed by atoms with E-state index >= 15 is 0 Å². The zero-order valence-corrected chi connectivity index (χ0v) is 18.4. The summed E-state index contributed by atoms with van der Waals surface area (Å²) < 4.78 is 11.0. The molecule has 3 nitrogen and oxygen atoms in total. The van der Waals surface area contributed by atoms with Crippen molar-refractivity contribution in [1.82, 2.24) is 0 Å². The molecule has 0 heterocycles. The molecule has 0 aliphatic heterocycles. The van der Waals surface area contributed by atoms with Crippen LogP contribution in [0.15, 0.2) is 18.2 Å². The van der Waals surface area contributed by atoms with Crippen molar-refractivity contribution in [2.45, 2.75) is 86.7 Å². The van der Waals surface area contributed by atoms with E-state index in [0.717, 1.165) is 12.8 Å². The Morgan fingerprint density at radius 3 is 2.04 bits per heavy atom. The Labute approximate surface area is 160 Å². The summed E-state index contributed by atoms with van der Waals surface area (Å²) in [6.45, 7) is 19.3. The van der Waals surface area contributed by atoms with Gasteiger partial charge in [0.25, 0.3) is 0 Å². The molecule has 0 aromatic heterocycles. The van der Waals surface area contributed by atoms with E-state index in [9.17, 15) is 4.79 Å². The normalized spacial score (nSPS) is 14.1. The molecule has 1 rings (SSSR count). The fraction of sp³-hybridized carbons (Fsp3) is 0.696. The molecule has 0 fully saturated rings. The first kappa shape index (κ1) is 22.5. The van der Waals surface area contributed by atoms with Crippen molar-refractivity contribution >= 4 is 5.97 Å². The number of hydrogen-bond donors (Lipinski definition) is 0. The minimum absolute atomic E-state index is 0.132. The summed E-state index contributed by atoms with van der Waals surface area (Å²) in [5.74, 6) is 0.575. The molecule has 0 aliphatic carbocycles. The fourth-order valence-electron chi connectivity index (χ4n) is 3.14. The molecule has 1 aromatic rings. The number of carbonyl (C=O) groups excluding carboxylic acids is 1. The SMILES string of the molecule is CCC(C)(C)C(CC(C)(C)C)c1ccc(OC)c(C(=O)OC(C)(C)C)c1. The van der Waals surface area contributed by atoms with Crippen molar-refractivity contribution in [3.05, 3.63) is 29.3 Å². The molecule has 1 atom stereocenters. The lowest BCUT2D eigenvalue weighted by Crippen LogP contribution is -2.27. The van der Waals surface area contributed by atoms with Gasteiger partial charge in [0.1, 0.15) is 16.9 Å². The number of methoxy groups -OCH3 is 1. The average Bonchev–Trinajstić information content (AvgIpc) is 2.49. The Morgan fingerprint density at radius 2 is 1.62 bits per heavy atom. The summed E-state index contributed by atoms with van der Waals surface area (Å²) in [6, 6.07) is 5.97. The molecule has 1 aromatic carbocycles. The third-order valence-corrected chi connectivity index (χ3v) is 4.92. The smallest absolute Gasteiger partial charge is 0.342 e. The van der Waals surface area contributed by atoms with E-state index in [1.54, 1.807) is 7.11 Å². The van der Waals surface area contributed by atoms with Gasteiger partial charge in [0.2, 0.25) is 0 Å². The van der Waals surface area contributed by atoms with Crippen molar-refractivity contribution in [3.63, 3.8) is 0 Å². The summed E-state index contributed by atoms with van der Waals surface area (Å²) in [5, 5.41) is 0. The van der Waals surface area contributed by atoms with Crippen molar-refractivity contribution in [2.24, 2.45) is 10.8 Å². The highest BCUT2D eigenvalue weighted by molar-refractivity contribution is 5.93. The van der Waals surface area contributed by atoms with Crippen molar-refractivity contribution in [1.29, 1.82) is 0 Å². The van der Waals surface area contributed by atoms with Crippen LogP contribution in [0.4, 0.5) is 0 Å². The van der Waals surface area contributed by atoms with E-state index in [-0.39, 0.29) is 16.8 Å². The molecule has 0 N–H and O–H groups in total. The molecule has 0 saturated carbocycles. The van der Waals surface area contributed by atoms with Crippen molar-refractivity contribution in [2.75, 3.05) is 7.11 Å². The van der Waals surface area contributed by atoms with Gasteiger partial charge in [0, 0.05) is 0 Å². The highest BCUT2D eigenvalue weighted by Crippen LogP contribution is 2.46. The van der Waals surface area contributed by atoms with Gasteiger partial charge in [-0.05, 0) is 61.6 Å². The third-order valence-electron chi connectivity index (χ3n) is 4.92. The van der Waals surface area contributed by atoms with E-state index in [1.165, 1.54) is 5.56 Å². The highest BCUT2D eigenvalue weighted by Gasteiger charge is 2.33. The lowest BCUT2D eigenvalue weighted by Gasteiger charge is -2.38. The third kappa shape index (κ3) is 6.34. The van der Waals surface area contributed by atoms with Gasteiger partial charge in [0.05, 0.1) is 7.11 Å². The summed E-state index contributed by atoms with van der Waals surface area (Å²) in [4.78, 5) is 12.7. The lowest BCUT2D eigenvalue weighted by molar-refractivity contribution is 0.00662. The van der Waals surface area contributed by atoms with Gasteiger partial charge in [-0.15, -0.1) is 0 Å². The monoisotopic (exact) mass is 362 g/mol. The summed E-state index contributed by atoms with van der Waals surface area (Å²) in [6.07, 6.45) is 2.12. The first-order chi connectivity index (χ1) is 11.7. The molecule has 0 radical (unpaired) electrons. The second-order valence-corrected chi connectivity index (χ2v) is 10.1. The summed E-state index contributed by atoms with van der Waals surface area (Å²) >= 11 is 0. The van der Waals surface area contributed by atoms with Crippen molar-refractivity contribution < 1.29 is 14.3 Å². The van der Waals surface area contributed by atoms with Crippen LogP contribution >= 0.6 is 0 Å². The van der Waals surface area contributed by atoms with Gasteiger partial charge >= 0.3 is 5.97 Å². The molecular formula is C23H38O3. The summed E-state index contributed by atoms with van der Waals surface area (Å²) in [7, 11) is 1.59. The standard InChI is InChI=1S/C23H38O3/c1-11-23(8,9)18(15-21(2,3)4)16-12-13-19(25-10)17(14-16)20(24)26-22(5,6)7/h12-14,18H,11,15H2,1-10H3. The van der Waals surface area contributed by atoms with Crippen LogP contribution in [0.2, 0.25) is 0 Å². The van der Waals surface area contributed by atoms with Gasteiger partial charge in [0.15, 0.2) is 0 Å². The quantitative estimate of drug-likeness (QED) is 0.534. The molecule has 0 aliphatic rings. The minimum Gasteiger partial charge on any atom is -0.496 e. The number of benzene rings is 1. The predicted molar refractivity (Wildman–Crippen MR) is 109 cm³/mol. The van der Waals surface area contributed by atoms with Crippen LogP contribution in [0, 0.1) is 10.8 Å². The molecule has 26 heavy (non-hydrogen) atoms. The van der Waals surface area contributed by atoms with E-state index < -0.39 is 5.60 Å². The topological polar surface area (TPSA) is 35.5 Å². The number of esters is 1. The van der Waals surface area contributed by atoms with Gasteiger partial charge in [-0.3, -0.25) is 0 Å². The van der Waals surface area contributed by atoms with E-state index in [0.29, 0.717) is 17.2 Å². The largest absolute Gasteiger partial charge is 0.496 e. The molecular weight excluding hydrogens is 324 g/mol. The second kappa shape index (κ2) is 8.02. The second-order valence-electron chi connectivity index (χ2n) is 10.1. The van der Waals surface area contributed by atoms with Crippen LogP contribution in [-0.2, 0) is 4.74 Å². The van der Waals surface area contributed by atoms with Crippen LogP contribution in [-0.4, -0.2) is 18.7 Å². The first-order valence-electron chi connectivity index (χ1n) is 9.61. The average molecular weight is 363 g/mol. The van der Waals surface area contributed by atoms with Gasteiger partial charge in [-0.25, -0.2) is 4.79 Å². The molecule has 3 heteroatoms. The Balaban J connectivity index is 3.41. The molecule has 0 amide bonds. The molecule has 1 unspecified atom stereocenters. The highest BCUT2D eigenvalue weighted by atomic mass is 16.6. The van der Waals surface area contributed by atoms with E-state index in [4.69, 9.17) is 9.47 Å². The minimum atomic E-state index is -0.536. The molecule has 0 saturated heterocycles. The van der Waals surface area contributed by atoms with Gasteiger partial charge in [-0.2, -0.15) is 0 Å². The number of rotatable bonds is 6. The lowest BCUT2D eigenvalue weighted by atomic mass is 9.67. The fourth-order valence-corrected chi connectivity index (χ4v) is 3.14. The van der Waals surface area contributed by atoms with Gasteiger partial charge < -0.3 is 9.47 Å².